The molecule has 2 fully saturated rings. The van der Waals surface area contributed by atoms with Crippen molar-refractivity contribution >= 4 is 5.96 Å². The van der Waals surface area contributed by atoms with Crippen LogP contribution in [0.5, 0.6) is 0 Å². The predicted molar refractivity (Wildman–Crippen MR) is 86.3 cm³/mol. The summed E-state index contributed by atoms with van der Waals surface area (Å²) >= 11 is 0. The van der Waals surface area contributed by atoms with Crippen LogP contribution in [0.15, 0.2) is 29.3 Å². The van der Waals surface area contributed by atoms with Crippen LogP contribution in [0, 0.1) is 17.8 Å². The number of fused-ring (bicyclic) bond motifs is 3. The van der Waals surface area contributed by atoms with Gasteiger partial charge in [-0.25, -0.2) is 0 Å². The Balaban J connectivity index is 1.38. The van der Waals surface area contributed by atoms with Gasteiger partial charge in [0.25, 0.3) is 0 Å². The molecule has 3 aliphatic rings. The number of likely N-dealkylation sites (tertiary alicyclic amines) is 1. The molecule has 4 atom stereocenters. The standard InChI is InChI=1S/C18H25N3/c1-12-5-4-8-21(11-12)18(19)20-10-16-15-9-13-6-2-3-7-14(13)17(15)16/h2-3,6-7,12,15-17H,4-5,8-11H2,1H3,(H2,19,20). The van der Waals surface area contributed by atoms with Crippen LogP contribution in [0.2, 0.25) is 0 Å². The highest BCUT2D eigenvalue weighted by molar-refractivity contribution is 5.78. The Labute approximate surface area is 127 Å². The number of benzene rings is 1. The maximum Gasteiger partial charge on any atom is 0.191 e. The van der Waals surface area contributed by atoms with Gasteiger partial charge in [-0.3, -0.25) is 4.99 Å². The van der Waals surface area contributed by atoms with E-state index in [2.05, 4.69) is 36.1 Å². The first-order valence-corrected chi connectivity index (χ1v) is 8.36. The van der Waals surface area contributed by atoms with Crippen molar-refractivity contribution in [1.29, 1.82) is 0 Å². The number of rotatable bonds is 2. The normalized spacial score (nSPS) is 34.5. The topological polar surface area (TPSA) is 41.6 Å². The molecule has 0 spiro atoms. The van der Waals surface area contributed by atoms with Gasteiger partial charge < -0.3 is 10.6 Å². The summed E-state index contributed by atoms with van der Waals surface area (Å²) in [5.74, 6) is 3.86. The number of aliphatic imine (C=N–C) groups is 1. The van der Waals surface area contributed by atoms with Crippen molar-refractivity contribution in [3.8, 4) is 0 Å². The van der Waals surface area contributed by atoms with Gasteiger partial charge in [-0.05, 0) is 54.1 Å². The first kappa shape index (κ1) is 13.2. The fourth-order valence-electron chi connectivity index (χ4n) is 4.43. The predicted octanol–water partition coefficient (Wildman–Crippen LogP) is 2.62. The molecule has 2 N–H and O–H groups in total. The van der Waals surface area contributed by atoms with E-state index in [4.69, 9.17) is 10.7 Å². The van der Waals surface area contributed by atoms with Gasteiger partial charge >= 0.3 is 0 Å². The number of nitrogens with zero attached hydrogens (tertiary/aromatic N) is 2. The highest BCUT2D eigenvalue weighted by atomic mass is 15.3. The van der Waals surface area contributed by atoms with E-state index in [0.29, 0.717) is 0 Å². The molecule has 1 aromatic rings. The van der Waals surface area contributed by atoms with Crippen LogP contribution in [-0.4, -0.2) is 30.5 Å². The molecule has 0 amide bonds. The molecular formula is C18H25N3. The van der Waals surface area contributed by atoms with Crippen molar-refractivity contribution in [2.75, 3.05) is 19.6 Å². The maximum absolute atomic E-state index is 6.21. The van der Waals surface area contributed by atoms with Crippen LogP contribution in [0.4, 0.5) is 0 Å². The van der Waals surface area contributed by atoms with Crippen LogP contribution in [0.3, 0.4) is 0 Å². The Hall–Kier alpha value is -1.51. The summed E-state index contributed by atoms with van der Waals surface area (Å²) in [6.07, 6.45) is 3.83. The lowest BCUT2D eigenvalue weighted by atomic mass is 10.0. The highest BCUT2D eigenvalue weighted by Crippen LogP contribution is 2.61. The lowest BCUT2D eigenvalue weighted by molar-refractivity contribution is 0.270. The first-order valence-electron chi connectivity index (χ1n) is 8.36. The smallest absolute Gasteiger partial charge is 0.191 e. The minimum Gasteiger partial charge on any atom is -0.370 e. The fourth-order valence-corrected chi connectivity index (χ4v) is 4.43. The second kappa shape index (κ2) is 5.04. The minimum atomic E-state index is 0.737. The molecule has 4 rings (SSSR count). The third kappa shape index (κ3) is 2.33. The van der Waals surface area contributed by atoms with Crippen LogP contribution < -0.4 is 5.73 Å². The Bertz CT molecular complexity index is 565. The highest BCUT2D eigenvalue weighted by Gasteiger charge is 2.54. The minimum absolute atomic E-state index is 0.737. The van der Waals surface area contributed by atoms with Crippen molar-refractivity contribution in [3.63, 3.8) is 0 Å². The van der Waals surface area contributed by atoms with Crippen molar-refractivity contribution in [1.82, 2.24) is 4.90 Å². The van der Waals surface area contributed by atoms with E-state index >= 15 is 0 Å². The van der Waals surface area contributed by atoms with Crippen molar-refractivity contribution in [2.45, 2.75) is 32.1 Å². The average molecular weight is 283 g/mol. The van der Waals surface area contributed by atoms with Gasteiger partial charge in [0.05, 0.1) is 0 Å². The second-order valence-electron chi connectivity index (χ2n) is 7.15. The van der Waals surface area contributed by atoms with Gasteiger partial charge in [0.1, 0.15) is 0 Å². The second-order valence-corrected chi connectivity index (χ2v) is 7.15. The number of hydrogen-bond donors (Lipinski definition) is 1. The molecule has 1 aliphatic heterocycles. The summed E-state index contributed by atoms with van der Waals surface area (Å²) < 4.78 is 0. The Kier molecular flexibility index (Phi) is 3.16. The first-order chi connectivity index (χ1) is 10.2. The van der Waals surface area contributed by atoms with E-state index < -0.39 is 0 Å². The third-order valence-electron chi connectivity index (χ3n) is 5.65. The summed E-state index contributed by atoms with van der Waals surface area (Å²) in [6, 6.07) is 8.92. The molecule has 2 aliphatic carbocycles. The molecule has 21 heavy (non-hydrogen) atoms. The van der Waals surface area contributed by atoms with Gasteiger partial charge in [0.15, 0.2) is 5.96 Å². The Morgan fingerprint density at radius 1 is 1.38 bits per heavy atom. The van der Waals surface area contributed by atoms with Gasteiger partial charge in [0, 0.05) is 19.6 Å². The zero-order valence-corrected chi connectivity index (χ0v) is 12.8. The van der Waals surface area contributed by atoms with Crippen molar-refractivity contribution in [2.24, 2.45) is 28.5 Å². The zero-order valence-electron chi connectivity index (χ0n) is 12.8. The maximum atomic E-state index is 6.21. The van der Waals surface area contributed by atoms with Gasteiger partial charge in [0.2, 0.25) is 0 Å². The molecule has 0 aromatic heterocycles. The van der Waals surface area contributed by atoms with E-state index in [0.717, 1.165) is 49.3 Å². The number of hydrogen-bond acceptors (Lipinski definition) is 1. The number of piperidine rings is 1. The van der Waals surface area contributed by atoms with E-state index in [1.165, 1.54) is 19.3 Å². The Morgan fingerprint density at radius 3 is 3.10 bits per heavy atom. The van der Waals surface area contributed by atoms with E-state index in [9.17, 15) is 0 Å². The molecule has 1 saturated carbocycles. The summed E-state index contributed by atoms with van der Waals surface area (Å²) in [6.45, 7) is 5.39. The summed E-state index contributed by atoms with van der Waals surface area (Å²) in [7, 11) is 0. The molecule has 0 bridgehead atoms. The van der Waals surface area contributed by atoms with Gasteiger partial charge in [-0.15, -0.1) is 0 Å². The largest absolute Gasteiger partial charge is 0.370 e. The van der Waals surface area contributed by atoms with Crippen LogP contribution in [0.25, 0.3) is 0 Å². The van der Waals surface area contributed by atoms with Gasteiger partial charge in [-0.1, -0.05) is 31.2 Å². The molecule has 1 heterocycles. The van der Waals surface area contributed by atoms with E-state index in [1.54, 1.807) is 11.1 Å². The monoisotopic (exact) mass is 283 g/mol. The van der Waals surface area contributed by atoms with E-state index in [1.807, 2.05) is 0 Å². The molecule has 3 heteroatoms. The quantitative estimate of drug-likeness (QED) is 0.669. The van der Waals surface area contributed by atoms with Crippen molar-refractivity contribution < 1.29 is 0 Å². The number of guanidine groups is 1. The van der Waals surface area contributed by atoms with Crippen molar-refractivity contribution in [3.05, 3.63) is 35.4 Å². The van der Waals surface area contributed by atoms with Crippen LogP contribution in [0.1, 0.15) is 36.8 Å². The SMILES string of the molecule is CC1CCCN(C(N)=NCC2C3Cc4ccccc4C23)C1. The average Bonchev–Trinajstić information content (AvgIpc) is 3.03. The summed E-state index contributed by atoms with van der Waals surface area (Å²) in [5, 5.41) is 0. The van der Waals surface area contributed by atoms with E-state index in [-0.39, 0.29) is 0 Å². The fraction of sp³-hybridized carbons (Fsp3) is 0.611. The van der Waals surface area contributed by atoms with Crippen LogP contribution in [-0.2, 0) is 6.42 Å². The summed E-state index contributed by atoms with van der Waals surface area (Å²) in [4.78, 5) is 7.00. The Morgan fingerprint density at radius 2 is 2.24 bits per heavy atom. The summed E-state index contributed by atoms with van der Waals surface area (Å²) in [5.41, 5.74) is 9.35. The molecule has 3 nitrogen and oxygen atoms in total. The molecule has 4 unspecified atom stereocenters. The molecule has 1 saturated heterocycles. The zero-order chi connectivity index (χ0) is 14.4. The molecule has 0 radical (unpaired) electrons. The van der Waals surface area contributed by atoms with Gasteiger partial charge in [-0.2, -0.15) is 0 Å². The molecule has 112 valence electrons. The van der Waals surface area contributed by atoms with Crippen LogP contribution >= 0.6 is 0 Å². The lowest BCUT2D eigenvalue weighted by Gasteiger charge is -2.31. The third-order valence-corrected chi connectivity index (χ3v) is 5.65. The molecule has 1 aromatic carbocycles. The molecular weight excluding hydrogens is 258 g/mol. The number of nitrogens with two attached hydrogens (primary N) is 1. The lowest BCUT2D eigenvalue weighted by Crippen LogP contribution is -2.43.